The molecule has 2 nitrogen and oxygen atoms in total. The summed E-state index contributed by atoms with van der Waals surface area (Å²) in [4.78, 5) is 0. The van der Waals surface area contributed by atoms with E-state index in [0.717, 1.165) is 5.57 Å². The maximum Gasteiger partial charge on any atom is 0.147 e. The summed E-state index contributed by atoms with van der Waals surface area (Å²) in [6.07, 6.45) is 1.68. The van der Waals surface area contributed by atoms with Gasteiger partial charge in [-0.15, -0.1) is 11.6 Å². The SMILES string of the molecule is C=C(CCl)CCS(C)(=O)=O. The van der Waals surface area contributed by atoms with Gasteiger partial charge in [0.2, 0.25) is 0 Å². The predicted octanol–water partition coefficient (Wildman–Crippen LogP) is 1.22. The Kier molecular flexibility index (Phi) is 3.98. The van der Waals surface area contributed by atoms with Crippen LogP contribution in [0.15, 0.2) is 12.2 Å². The van der Waals surface area contributed by atoms with Crippen molar-refractivity contribution in [3.8, 4) is 0 Å². The Hall–Kier alpha value is -0.0200. The Bertz CT molecular complexity index is 206. The van der Waals surface area contributed by atoms with E-state index in [-0.39, 0.29) is 5.75 Å². The second-order valence-electron chi connectivity index (χ2n) is 2.26. The van der Waals surface area contributed by atoms with Crippen LogP contribution in [0.25, 0.3) is 0 Å². The monoisotopic (exact) mass is 182 g/mol. The molecule has 0 fully saturated rings. The van der Waals surface area contributed by atoms with E-state index in [2.05, 4.69) is 6.58 Å². The molecule has 60 valence electrons. The Labute approximate surface area is 66.8 Å². The van der Waals surface area contributed by atoms with Crippen molar-refractivity contribution in [1.82, 2.24) is 0 Å². The Morgan fingerprint density at radius 2 is 2.10 bits per heavy atom. The first-order valence-corrected chi connectivity index (χ1v) is 5.45. The van der Waals surface area contributed by atoms with E-state index < -0.39 is 9.84 Å². The molecule has 0 unspecified atom stereocenters. The van der Waals surface area contributed by atoms with Crippen molar-refractivity contribution in [3.63, 3.8) is 0 Å². The Morgan fingerprint density at radius 3 is 2.40 bits per heavy atom. The average molecular weight is 183 g/mol. The van der Waals surface area contributed by atoms with E-state index in [9.17, 15) is 8.42 Å². The molecule has 0 saturated heterocycles. The van der Waals surface area contributed by atoms with Gasteiger partial charge in [-0.2, -0.15) is 0 Å². The second kappa shape index (κ2) is 3.98. The third-order valence-corrected chi connectivity index (χ3v) is 2.34. The first kappa shape index (κ1) is 9.98. The molecule has 0 rings (SSSR count). The van der Waals surface area contributed by atoms with E-state index in [1.807, 2.05) is 0 Å². The molecule has 0 aromatic carbocycles. The van der Waals surface area contributed by atoms with Gasteiger partial charge in [0.15, 0.2) is 0 Å². The molecule has 0 aromatic heterocycles. The van der Waals surface area contributed by atoms with E-state index >= 15 is 0 Å². The number of rotatable bonds is 4. The van der Waals surface area contributed by atoms with Gasteiger partial charge in [0, 0.05) is 12.1 Å². The topological polar surface area (TPSA) is 34.1 Å². The molecule has 0 bridgehead atoms. The third kappa shape index (κ3) is 6.11. The lowest BCUT2D eigenvalue weighted by molar-refractivity contribution is 0.601. The largest absolute Gasteiger partial charge is 0.229 e. The van der Waals surface area contributed by atoms with Gasteiger partial charge in [-0.3, -0.25) is 0 Å². The molecule has 0 radical (unpaired) electrons. The van der Waals surface area contributed by atoms with Crippen LogP contribution in [0.1, 0.15) is 6.42 Å². The highest BCUT2D eigenvalue weighted by atomic mass is 35.5. The van der Waals surface area contributed by atoms with Crippen LogP contribution in [0.2, 0.25) is 0 Å². The van der Waals surface area contributed by atoms with Crippen LogP contribution in [0, 0.1) is 0 Å². The first-order valence-electron chi connectivity index (χ1n) is 2.86. The number of halogens is 1. The Balaban J connectivity index is 3.67. The lowest BCUT2D eigenvalue weighted by Crippen LogP contribution is -2.03. The van der Waals surface area contributed by atoms with Crippen LogP contribution < -0.4 is 0 Å². The molecule has 0 aliphatic rings. The predicted molar refractivity (Wildman–Crippen MR) is 44.2 cm³/mol. The van der Waals surface area contributed by atoms with Crippen molar-refractivity contribution in [2.75, 3.05) is 17.9 Å². The summed E-state index contributed by atoms with van der Waals surface area (Å²) in [5.74, 6) is 0.494. The van der Waals surface area contributed by atoms with Crippen LogP contribution in [0.4, 0.5) is 0 Å². The van der Waals surface area contributed by atoms with Gasteiger partial charge in [0.05, 0.1) is 5.75 Å². The van der Waals surface area contributed by atoms with Crippen molar-refractivity contribution in [1.29, 1.82) is 0 Å². The molecular formula is C6H11ClO2S. The van der Waals surface area contributed by atoms with Crippen molar-refractivity contribution in [2.24, 2.45) is 0 Å². The normalized spacial score (nSPS) is 11.4. The van der Waals surface area contributed by atoms with Gasteiger partial charge < -0.3 is 0 Å². The maximum atomic E-state index is 10.6. The third-order valence-electron chi connectivity index (χ3n) is 1.02. The average Bonchev–Trinajstić information content (AvgIpc) is 1.81. The van der Waals surface area contributed by atoms with Gasteiger partial charge in [-0.05, 0) is 6.42 Å². The van der Waals surface area contributed by atoms with Crippen LogP contribution in [-0.4, -0.2) is 26.3 Å². The fourth-order valence-corrected chi connectivity index (χ4v) is 1.19. The summed E-state index contributed by atoms with van der Waals surface area (Å²) >= 11 is 5.39. The smallest absolute Gasteiger partial charge is 0.147 e. The summed E-state index contributed by atoms with van der Waals surface area (Å²) in [6.45, 7) is 3.58. The quantitative estimate of drug-likeness (QED) is 0.484. The van der Waals surface area contributed by atoms with E-state index in [1.54, 1.807) is 0 Å². The molecule has 0 N–H and O–H groups in total. The zero-order valence-electron chi connectivity index (χ0n) is 5.93. The van der Waals surface area contributed by atoms with Crippen molar-refractivity contribution >= 4 is 21.4 Å². The molecule has 0 aliphatic heterocycles. The zero-order valence-corrected chi connectivity index (χ0v) is 7.50. The highest BCUT2D eigenvalue weighted by Gasteiger charge is 2.01. The van der Waals surface area contributed by atoms with Gasteiger partial charge in [0.1, 0.15) is 9.84 Å². The molecular weight excluding hydrogens is 172 g/mol. The summed E-state index contributed by atoms with van der Waals surface area (Å²) in [5.41, 5.74) is 0.770. The summed E-state index contributed by atoms with van der Waals surface area (Å²) < 4.78 is 21.1. The zero-order chi connectivity index (χ0) is 8.20. The molecule has 10 heavy (non-hydrogen) atoms. The summed E-state index contributed by atoms with van der Waals surface area (Å²) in [7, 11) is -2.85. The number of hydrogen-bond donors (Lipinski definition) is 0. The first-order chi connectivity index (χ1) is 4.45. The summed E-state index contributed by atoms with van der Waals surface area (Å²) in [5, 5.41) is 0. The highest BCUT2D eigenvalue weighted by Crippen LogP contribution is 2.01. The Morgan fingerprint density at radius 1 is 1.60 bits per heavy atom. The van der Waals surface area contributed by atoms with Crippen LogP contribution in [-0.2, 0) is 9.84 Å². The molecule has 0 aromatic rings. The highest BCUT2D eigenvalue weighted by molar-refractivity contribution is 7.90. The van der Waals surface area contributed by atoms with Crippen LogP contribution in [0.5, 0.6) is 0 Å². The molecule has 0 atom stereocenters. The lowest BCUT2D eigenvalue weighted by atomic mass is 10.3. The minimum Gasteiger partial charge on any atom is -0.229 e. The number of hydrogen-bond acceptors (Lipinski definition) is 2. The number of alkyl halides is 1. The van der Waals surface area contributed by atoms with Crippen molar-refractivity contribution in [3.05, 3.63) is 12.2 Å². The minimum atomic E-state index is -2.85. The van der Waals surface area contributed by atoms with E-state index in [0.29, 0.717) is 12.3 Å². The van der Waals surface area contributed by atoms with Gasteiger partial charge in [-0.25, -0.2) is 8.42 Å². The minimum absolute atomic E-state index is 0.151. The maximum absolute atomic E-state index is 10.6. The van der Waals surface area contributed by atoms with Crippen molar-refractivity contribution in [2.45, 2.75) is 6.42 Å². The standard InChI is InChI=1S/C6H11ClO2S/c1-6(5-7)3-4-10(2,8)9/h1,3-5H2,2H3. The summed E-state index contributed by atoms with van der Waals surface area (Å²) in [6, 6.07) is 0. The fourth-order valence-electron chi connectivity index (χ4n) is 0.397. The van der Waals surface area contributed by atoms with E-state index in [4.69, 9.17) is 11.6 Å². The molecule has 0 amide bonds. The van der Waals surface area contributed by atoms with Gasteiger partial charge >= 0.3 is 0 Å². The van der Waals surface area contributed by atoms with Gasteiger partial charge in [0.25, 0.3) is 0 Å². The molecule has 0 heterocycles. The van der Waals surface area contributed by atoms with Crippen LogP contribution >= 0.6 is 11.6 Å². The lowest BCUT2D eigenvalue weighted by Gasteiger charge is -1.97. The van der Waals surface area contributed by atoms with Crippen LogP contribution in [0.3, 0.4) is 0 Å². The number of sulfone groups is 1. The molecule has 0 saturated carbocycles. The van der Waals surface area contributed by atoms with Crippen molar-refractivity contribution < 1.29 is 8.42 Å². The van der Waals surface area contributed by atoms with Gasteiger partial charge in [-0.1, -0.05) is 12.2 Å². The molecule has 0 spiro atoms. The number of allylic oxidation sites excluding steroid dienone is 1. The molecule has 0 aliphatic carbocycles. The van der Waals surface area contributed by atoms with E-state index in [1.165, 1.54) is 6.26 Å². The molecule has 4 heteroatoms. The second-order valence-corrected chi connectivity index (χ2v) is 4.79. The fraction of sp³-hybridized carbons (Fsp3) is 0.667.